The molecule has 156 valence electrons. The Balaban J connectivity index is 2.33. The number of aromatic nitrogens is 1. The van der Waals surface area contributed by atoms with Gasteiger partial charge in [-0.05, 0) is 29.8 Å². The Morgan fingerprint density at radius 3 is 2.00 bits per heavy atom. The molecule has 0 saturated carbocycles. The van der Waals surface area contributed by atoms with Gasteiger partial charge in [-0.15, -0.1) is 0 Å². The van der Waals surface area contributed by atoms with Crippen LogP contribution in [-0.4, -0.2) is 28.0 Å². The Morgan fingerprint density at radius 1 is 1.03 bits per heavy atom. The Morgan fingerprint density at radius 2 is 1.59 bits per heavy atom. The van der Waals surface area contributed by atoms with Crippen LogP contribution in [-0.2, 0) is 23.6 Å². The first-order chi connectivity index (χ1) is 13.3. The number of amides is 1. The van der Waals surface area contributed by atoms with Crippen molar-refractivity contribution in [3.8, 4) is 0 Å². The van der Waals surface area contributed by atoms with Crippen molar-refractivity contribution in [3.05, 3.63) is 63.9 Å². The average Bonchev–Trinajstić information content (AvgIpc) is 2.61. The Bertz CT molecular complexity index is 881. The maximum atomic E-state index is 12.9. The van der Waals surface area contributed by atoms with E-state index >= 15 is 0 Å². The minimum atomic E-state index is -5.14. The second-order valence-electron chi connectivity index (χ2n) is 5.85. The van der Waals surface area contributed by atoms with E-state index in [1.165, 1.54) is 18.3 Å². The lowest BCUT2D eigenvalue weighted by Gasteiger charge is -2.17. The zero-order chi connectivity index (χ0) is 22.0. The fourth-order valence-electron chi connectivity index (χ4n) is 2.29. The van der Waals surface area contributed by atoms with Crippen molar-refractivity contribution in [2.75, 3.05) is 0 Å². The molecule has 2 N–H and O–H groups in total. The summed E-state index contributed by atoms with van der Waals surface area (Å²) in [6.45, 7) is 0. The van der Waals surface area contributed by atoms with Crippen LogP contribution in [0.1, 0.15) is 27.0 Å². The molecule has 0 fully saturated rings. The lowest BCUT2D eigenvalue weighted by molar-refractivity contribution is -0.143. The molecule has 1 aromatic carbocycles. The van der Waals surface area contributed by atoms with Gasteiger partial charge in [0, 0.05) is 18.2 Å². The molecule has 0 bridgehead atoms. The number of carbonyl (C=O) groups is 2. The Kier molecular flexibility index (Phi) is 6.41. The van der Waals surface area contributed by atoms with Crippen LogP contribution >= 0.6 is 11.6 Å². The Hall–Kier alpha value is -2.82. The number of carboxylic acid groups (broad SMARTS) is 1. The monoisotopic (exact) mass is 440 g/mol. The molecule has 1 heterocycles. The molecule has 0 spiro atoms. The van der Waals surface area contributed by atoms with Gasteiger partial charge in [-0.2, -0.15) is 26.3 Å². The van der Waals surface area contributed by atoms with Crippen LogP contribution in [0.25, 0.3) is 0 Å². The highest BCUT2D eigenvalue weighted by atomic mass is 35.5. The molecule has 0 radical (unpaired) electrons. The molecule has 0 aliphatic carbocycles. The van der Waals surface area contributed by atoms with Gasteiger partial charge in [0.2, 0.25) is 0 Å². The fourth-order valence-corrected chi connectivity index (χ4v) is 2.40. The molecule has 1 atom stereocenters. The van der Waals surface area contributed by atoms with Crippen LogP contribution in [0.15, 0.2) is 36.5 Å². The predicted octanol–water partition coefficient (Wildman–Crippen LogP) is 4.20. The topological polar surface area (TPSA) is 79.3 Å². The second kappa shape index (κ2) is 8.27. The van der Waals surface area contributed by atoms with Gasteiger partial charge >= 0.3 is 18.3 Å². The Labute approximate surface area is 164 Å². The molecule has 2 rings (SSSR count). The van der Waals surface area contributed by atoms with Crippen molar-refractivity contribution in [1.29, 1.82) is 0 Å². The van der Waals surface area contributed by atoms with Gasteiger partial charge in [0.1, 0.15) is 11.2 Å². The number of pyridine rings is 1. The van der Waals surface area contributed by atoms with E-state index in [0.29, 0.717) is 5.56 Å². The van der Waals surface area contributed by atoms with E-state index in [1.54, 1.807) is 0 Å². The second-order valence-corrected chi connectivity index (χ2v) is 6.24. The zero-order valence-corrected chi connectivity index (χ0v) is 14.9. The molecule has 0 aliphatic heterocycles. The summed E-state index contributed by atoms with van der Waals surface area (Å²) in [7, 11) is 0. The lowest BCUT2D eigenvalue weighted by atomic mass is 10.0. The van der Waals surface area contributed by atoms with Gasteiger partial charge < -0.3 is 10.4 Å². The average molecular weight is 441 g/mol. The third kappa shape index (κ3) is 6.08. The number of nitrogens with one attached hydrogen (secondary N) is 1. The van der Waals surface area contributed by atoms with Crippen molar-refractivity contribution >= 4 is 23.5 Å². The molecule has 0 unspecified atom stereocenters. The first-order valence-corrected chi connectivity index (χ1v) is 8.09. The van der Waals surface area contributed by atoms with E-state index in [4.69, 9.17) is 11.6 Å². The van der Waals surface area contributed by atoms with E-state index in [1.807, 2.05) is 5.32 Å². The van der Waals surface area contributed by atoms with Crippen LogP contribution in [0.5, 0.6) is 0 Å². The number of rotatable bonds is 5. The summed E-state index contributed by atoms with van der Waals surface area (Å²) in [5, 5.41) is 11.3. The zero-order valence-electron chi connectivity index (χ0n) is 14.1. The number of alkyl halides is 6. The normalized spacial score (nSPS) is 13.1. The van der Waals surface area contributed by atoms with Crippen molar-refractivity contribution in [2.45, 2.75) is 24.8 Å². The van der Waals surface area contributed by atoms with Crippen LogP contribution in [0.4, 0.5) is 26.3 Å². The number of aliphatic carboxylic acids is 1. The van der Waals surface area contributed by atoms with E-state index in [-0.39, 0.29) is 29.8 Å². The van der Waals surface area contributed by atoms with Crippen molar-refractivity contribution in [1.82, 2.24) is 10.3 Å². The minimum absolute atomic E-state index is 0.119. The number of carbonyl (C=O) groups excluding carboxylic acids is 1. The van der Waals surface area contributed by atoms with Gasteiger partial charge in [0.25, 0.3) is 5.91 Å². The number of hydrogen-bond donors (Lipinski definition) is 2. The fraction of sp³-hybridized carbons (Fsp3) is 0.235. The van der Waals surface area contributed by atoms with Crippen LogP contribution in [0, 0.1) is 0 Å². The molecular weight excluding hydrogens is 430 g/mol. The van der Waals surface area contributed by atoms with Crippen molar-refractivity contribution in [3.63, 3.8) is 0 Å². The highest BCUT2D eigenvalue weighted by Crippen LogP contribution is 2.36. The summed E-state index contributed by atoms with van der Waals surface area (Å²) in [5.74, 6) is -2.95. The number of benzene rings is 1. The molecule has 0 saturated heterocycles. The van der Waals surface area contributed by atoms with E-state index < -0.39 is 47.0 Å². The molecule has 1 amide bonds. The third-order valence-electron chi connectivity index (χ3n) is 3.68. The maximum absolute atomic E-state index is 12.9. The van der Waals surface area contributed by atoms with E-state index in [2.05, 4.69) is 4.98 Å². The first-order valence-electron chi connectivity index (χ1n) is 7.71. The minimum Gasteiger partial charge on any atom is -0.480 e. The van der Waals surface area contributed by atoms with Crippen molar-refractivity contribution < 1.29 is 41.0 Å². The predicted molar refractivity (Wildman–Crippen MR) is 88.3 cm³/mol. The third-order valence-corrected chi connectivity index (χ3v) is 3.91. The quantitative estimate of drug-likeness (QED) is 0.539. The van der Waals surface area contributed by atoms with Crippen LogP contribution in [0.2, 0.25) is 5.15 Å². The summed E-state index contributed by atoms with van der Waals surface area (Å²) < 4.78 is 77.4. The lowest BCUT2D eigenvalue weighted by Crippen LogP contribution is -2.42. The highest BCUT2D eigenvalue weighted by Gasteiger charge is 2.37. The summed E-state index contributed by atoms with van der Waals surface area (Å²) in [6, 6.07) is 1.42. The van der Waals surface area contributed by atoms with Crippen LogP contribution < -0.4 is 5.32 Å². The van der Waals surface area contributed by atoms with Crippen molar-refractivity contribution in [2.24, 2.45) is 0 Å². The number of halogens is 7. The first kappa shape index (κ1) is 22.5. The number of carboxylic acids is 1. The smallest absolute Gasteiger partial charge is 0.416 e. The van der Waals surface area contributed by atoms with Gasteiger partial charge in [0.15, 0.2) is 0 Å². The molecule has 12 heteroatoms. The summed E-state index contributed by atoms with van der Waals surface area (Å²) in [5.41, 5.74) is -4.03. The van der Waals surface area contributed by atoms with Gasteiger partial charge in [0.05, 0.1) is 11.1 Å². The molecule has 1 aromatic heterocycles. The SMILES string of the molecule is O=C(N[C@H](Cc1ccc(Cl)nc1)C(=O)O)c1cc(C(F)(F)F)cc(C(F)(F)F)c1. The molecule has 29 heavy (non-hydrogen) atoms. The standard InChI is InChI=1S/C17H11ClF6N2O3/c18-13-2-1-8(7-25-13)3-12(15(28)29)26-14(27)9-4-10(16(19,20)21)6-11(5-9)17(22,23)24/h1-2,4-7,12H,3H2,(H,26,27)(H,28,29)/t12-/m1/s1. The summed E-state index contributed by atoms with van der Waals surface area (Å²) in [4.78, 5) is 27.3. The largest absolute Gasteiger partial charge is 0.480 e. The van der Waals surface area contributed by atoms with Gasteiger partial charge in [-0.1, -0.05) is 17.7 Å². The van der Waals surface area contributed by atoms with Crippen LogP contribution in [0.3, 0.4) is 0 Å². The number of nitrogens with zero attached hydrogens (tertiary/aromatic N) is 1. The maximum Gasteiger partial charge on any atom is 0.416 e. The van der Waals surface area contributed by atoms with E-state index in [9.17, 15) is 41.0 Å². The van der Waals surface area contributed by atoms with Gasteiger partial charge in [-0.3, -0.25) is 4.79 Å². The number of hydrogen-bond acceptors (Lipinski definition) is 3. The summed E-state index contributed by atoms with van der Waals surface area (Å²) in [6.07, 6.45) is -9.39. The van der Waals surface area contributed by atoms with Gasteiger partial charge in [-0.25, -0.2) is 9.78 Å². The highest BCUT2D eigenvalue weighted by molar-refractivity contribution is 6.29. The molecule has 5 nitrogen and oxygen atoms in total. The van der Waals surface area contributed by atoms with E-state index in [0.717, 1.165) is 0 Å². The molecule has 0 aliphatic rings. The molecular formula is C17H11ClF6N2O3. The summed E-state index contributed by atoms with van der Waals surface area (Å²) >= 11 is 5.60. The molecule has 2 aromatic rings.